The van der Waals surface area contributed by atoms with Crippen LogP contribution in [0.25, 0.3) is 0 Å². The molecule has 168 valence electrons. The zero-order valence-electron chi connectivity index (χ0n) is 19.1. The van der Waals surface area contributed by atoms with Crippen LogP contribution >= 0.6 is 0 Å². The number of methoxy groups -OCH3 is 1. The predicted octanol–water partition coefficient (Wildman–Crippen LogP) is 2.04. The topological polar surface area (TPSA) is 61.4 Å². The van der Waals surface area contributed by atoms with E-state index >= 15 is 0 Å². The van der Waals surface area contributed by atoms with Crippen molar-refractivity contribution in [3.8, 4) is 5.75 Å². The molecule has 0 spiro atoms. The summed E-state index contributed by atoms with van der Waals surface area (Å²) in [7, 11) is 3.57. The molecule has 2 aliphatic rings. The van der Waals surface area contributed by atoms with Crippen LogP contribution in [0.5, 0.6) is 5.75 Å². The minimum Gasteiger partial charge on any atom is -0.497 e. The molecule has 1 aromatic carbocycles. The van der Waals surface area contributed by atoms with Gasteiger partial charge in [-0.3, -0.25) is 9.89 Å². The number of guanidine groups is 1. The number of hydrogen-bond donors (Lipinski definition) is 2. The van der Waals surface area contributed by atoms with E-state index in [4.69, 9.17) is 9.47 Å². The van der Waals surface area contributed by atoms with Gasteiger partial charge >= 0.3 is 0 Å². The summed E-state index contributed by atoms with van der Waals surface area (Å²) in [5.41, 5.74) is 1.24. The maximum Gasteiger partial charge on any atom is 0.191 e. The van der Waals surface area contributed by atoms with Crippen LogP contribution in [0.15, 0.2) is 29.3 Å². The van der Waals surface area contributed by atoms with Gasteiger partial charge < -0.3 is 25.0 Å². The molecule has 0 radical (unpaired) electrons. The van der Waals surface area contributed by atoms with Gasteiger partial charge in [-0.1, -0.05) is 19.9 Å². The lowest BCUT2D eigenvalue weighted by atomic mass is 10.0. The number of anilines is 1. The van der Waals surface area contributed by atoms with Crippen LogP contribution in [0.3, 0.4) is 0 Å². The van der Waals surface area contributed by atoms with Crippen LogP contribution in [0.2, 0.25) is 0 Å². The second-order valence-electron chi connectivity index (χ2n) is 8.60. The molecular weight excluding hydrogens is 378 g/mol. The Hall–Kier alpha value is -1.99. The fourth-order valence-electron chi connectivity index (χ4n) is 4.40. The van der Waals surface area contributed by atoms with Gasteiger partial charge in [0.2, 0.25) is 0 Å². The number of aliphatic imine (C=N–C) groups is 1. The molecule has 0 bridgehead atoms. The van der Waals surface area contributed by atoms with E-state index in [1.165, 1.54) is 12.1 Å². The van der Waals surface area contributed by atoms with E-state index in [9.17, 15) is 0 Å². The summed E-state index contributed by atoms with van der Waals surface area (Å²) < 4.78 is 10.9. The Labute approximate surface area is 181 Å². The monoisotopic (exact) mass is 417 g/mol. The van der Waals surface area contributed by atoms with Gasteiger partial charge in [-0.2, -0.15) is 0 Å². The third kappa shape index (κ3) is 6.25. The van der Waals surface area contributed by atoms with E-state index in [1.807, 2.05) is 13.1 Å². The lowest BCUT2D eigenvalue weighted by Crippen LogP contribution is -2.52. The Balaban J connectivity index is 1.45. The highest BCUT2D eigenvalue weighted by Crippen LogP contribution is 2.26. The molecule has 2 N–H and O–H groups in total. The number of morpholine rings is 1. The van der Waals surface area contributed by atoms with Crippen molar-refractivity contribution in [2.24, 2.45) is 16.8 Å². The first-order valence-corrected chi connectivity index (χ1v) is 11.3. The molecular formula is C23H39N5O2. The van der Waals surface area contributed by atoms with Crippen LogP contribution in [0.4, 0.5) is 5.69 Å². The standard InChI is InChI=1S/C23H39N5O2/c1-18(2)22(27-10-12-30-13-11-27)16-26-23(24-3)25-15-19-8-9-28(17-19)20-6-5-7-21(14-20)29-4/h5-7,14,18-19,22H,8-13,15-17H2,1-4H3,(H2,24,25,26). The third-order valence-electron chi connectivity index (χ3n) is 6.25. The number of nitrogens with zero attached hydrogens (tertiary/aromatic N) is 3. The lowest BCUT2D eigenvalue weighted by Gasteiger charge is -2.37. The molecule has 2 aliphatic heterocycles. The molecule has 1 aromatic rings. The van der Waals surface area contributed by atoms with Crippen molar-refractivity contribution in [2.75, 3.05) is 71.5 Å². The quantitative estimate of drug-likeness (QED) is 0.499. The molecule has 0 aliphatic carbocycles. The van der Waals surface area contributed by atoms with Crippen molar-refractivity contribution >= 4 is 11.6 Å². The van der Waals surface area contributed by atoms with Crippen LogP contribution in [0, 0.1) is 11.8 Å². The van der Waals surface area contributed by atoms with Crippen LogP contribution < -0.4 is 20.3 Å². The largest absolute Gasteiger partial charge is 0.497 e. The molecule has 2 saturated heterocycles. The van der Waals surface area contributed by atoms with E-state index in [2.05, 4.69) is 57.5 Å². The van der Waals surface area contributed by atoms with E-state index in [1.54, 1.807) is 7.11 Å². The van der Waals surface area contributed by atoms with Gasteiger partial charge in [-0.15, -0.1) is 0 Å². The summed E-state index contributed by atoms with van der Waals surface area (Å²) in [6.45, 7) is 12.3. The molecule has 3 rings (SSSR count). The highest BCUT2D eigenvalue weighted by molar-refractivity contribution is 5.79. The first kappa shape index (κ1) is 22.7. The van der Waals surface area contributed by atoms with Crippen LogP contribution in [0.1, 0.15) is 20.3 Å². The van der Waals surface area contributed by atoms with Crippen molar-refractivity contribution in [3.05, 3.63) is 24.3 Å². The van der Waals surface area contributed by atoms with Crippen molar-refractivity contribution in [2.45, 2.75) is 26.3 Å². The first-order valence-electron chi connectivity index (χ1n) is 11.3. The van der Waals surface area contributed by atoms with Gasteiger partial charge in [-0.25, -0.2) is 0 Å². The fourth-order valence-corrected chi connectivity index (χ4v) is 4.40. The Morgan fingerprint density at radius 3 is 2.73 bits per heavy atom. The molecule has 0 saturated carbocycles. The first-order chi connectivity index (χ1) is 14.6. The fraction of sp³-hybridized carbons (Fsp3) is 0.696. The van der Waals surface area contributed by atoms with Crippen molar-refractivity contribution in [1.29, 1.82) is 0 Å². The Kier molecular flexibility index (Phi) is 8.63. The van der Waals surface area contributed by atoms with Gasteiger partial charge in [0, 0.05) is 64.1 Å². The molecule has 30 heavy (non-hydrogen) atoms. The Morgan fingerprint density at radius 1 is 1.23 bits per heavy atom. The summed E-state index contributed by atoms with van der Waals surface area (Å²) in [6.07, 6.45) is 1.18. The Bertz CT molecular complexity index is 675. The smallest absolute Gasteiger partial charge is 0.191 e. The molecule has 2 atom stereocenters. The average Bonchev–Trinajstić information content (AvgIpc) is 3.25. The summed E-state index contributed by atoms with van der Waals surface area (Å²) in [6, 6.07) is 8.83. The zero-order valence-corrected chi connectivity index (χ0v) is 19.1. The Morgan fingerprint density at radius 2 is 2.03 bits per heavy atom. The van der Waals surface area contributed by atoms with Crippen molar-refractivity contribution in [3.63, 3.8) is 0 Å². The van der Waals surface area contributed by atoms with E-state index < -0.39 is 0 Å². The summed E-state index contributed by atoms with van der Waals surface area (Å²) >= 11 is 0. The maximum atomic E-state index is 5.52. The predicted molar refractivity (Wildman–Crippen MR) is 124 cm³/mol. The minimum atomic E-state index is 0.488. The van der Waals surface area contributed by atoms with Gasteiger partial charge in [0.1, 0.15) is 5.75 Å². The van der Waals surface area contributed by atoms with Gasteiger partial charge in [0.05, 0.1) is 20.3 Å². The lowest BCUT2D eigenvalue weighted by molar-refractivity contribution is 0.00752. The van der Waals surface area contributed by atoms with E-state index in [0.29, 0.717) is 17.9 Å². The number of nitrogens with one attached hydrogen (secondary N) is 2. The van der Waals surface area contributed by atoms with Crippen molar-refractivity contribution in [1.82, 2.24) is 15.5 Å². The molecule has 2 fully saturated rings. The summed E-state index contributed by atoms with van der Waals surface area (Å²) in [4.78, 5) is 9.43. The van der Waals surface area contributed by atoms with Crippen LogP contribution in [-0.2, 0) is 4.74 Å². The van der Waals surface area contributed by atoms with Gasteiger partial charge in [0.25, 0.3) is 0 Å². The zero-order chi connectivity index (χ0) is 21.3. The third-order valence-corrected chi connectivity index (χ3v) is 6.25. The number of ether oxygens (including phenoxy) is 2. The molecule has 7 heteroatoms. The highest BCUT2D eigenvalue weighted by Gasteiger charge is 2.25. The summed E-state index contributed by atoms with van der Waals surface area (Å²) in [5, 5.41) is 7.10. The number of hydrogen-bond acceptors (Lipinski definition) is 5. The minimum absolute atomic E-state index is 0.488. The molecule has 0 aromatic heterocycles. The molecule has 0 amide bonds. The highest BCUT2D eigenvalue weighted by atomic mass is 16.5. The maximum absolute atomic E-state index is 5.52. The second kappa shape index (κ2) is 11.4. The number of benzene rings is 1. The molecule has 2 heterocycles. The molecule has 2 unspecified atom stereocenters. The number of rotatable bonds is 8. The second-order valence-corrected chi connectivity index (χ2v) is 8.60. The molecule has 7 nitrogen and oxygen atoms in total. The SMILES string of the molecule is CN=C(NCC1CCN(c2cccc(OC)c2)C1)NCC(C(C)C)N1CCOCC1. The van der Waals surface area contributed by atoms with Crippen molar-refractivity contribution < 1.29 is 9.47 Å². The normalized spacial score (nSPS) is 21.7. The summed E-state index contributed by atoms with van der Waals surface area (Å²) in [5.74, 6) is 3.00. The van der Waals surface area contributed by atoms with Gasteiger partial charge in [-0.05, 0) is 30.4 Å². The van der Waals surface area contributed by atoms with E-state index in [-0.39, 0.29) is 0 Å². The van der Waals surface area contributed by atoms with Gasteiger partial charge in [0.15, 0.2) is 5.96 Å². The van der Waals surface area contributed by atoms with Crippen LogP contribution in [-0.4, -0.2) is 83.5 Å². The average molecular weight is 418 g/mol. The van der Waals surface area contributed by atoms with E-state index in [0.717, 1.165) is 64.2 Å².